The van der Waals surface area contributed by atoms with Gasteiger partial charge in [0.05, 0.1) is 0 Å². The molecule has 3 rings (SSSR count). The maximum Gasteiger partial charge on any atom is 0.258 e. The fourth-order valence-electron chi connectivity index (χ4n) is 2.98. The van der Waals surface area contributed by atoms with Crippen LogP contribution in [0.1, 0.15) is 35.7 Å². The van der Waals surface area contributed by atoms with Crippen LogP contribution in [0.5, 0.6) is 0 Å². The minimum Gasteiger partial charge on any atom is -0.328 e. The number of hydrogen-bond acceptors (Lipinski definition) is 3. The molecule has 0 aromatic heterocycles. The molecule has 0 radical (unpaired) electrons. The van der Waals surface area contributed by atoms with Crippen LogP contribution in [-0.4, -0.2) is 24.4 Å². The van der Waals surface area contributed by atoms with Crippen LogP contribution in [0.4, 0.5) is 11.4 Å². The zero-order valence-electron chi connectivity index (χ0n) is 14.4. The quantitative estimate of drug-likeness (QED) is 0.881. The van der Waals surface area contributed by atoms with Crippen molar-refractivity contribution in [3.05, 3.63) is 59.7 Å². The lowest BCUT2D eigenvalue weighted by atomic mass is 10.1. The third kappa shape index (κ3) is 4.06. The first-order valence-electron chi connectivity index (χ1n) is 8.60. The van der Waals surface area contributed by atoms with E-state index in [1.54, 1.807) is 24.3 Å². The number of nitrogens with zero attached hydrogens (tertiary/aromatic N) is 1. The number of carbonyl (C=O) groups excluding carboxylic acids is 2. The second kappa shape index (κ2) is 7.49. The number of carbonyl (C=O) groups is 2. The largest absolute Gasteiger partial charge is 0.328 e. The van der Waals surface area contributed by atoms with Gasteiger partial charge in [-0.2, -0.15) is 0 Å². The molecule has 25 heavy (non-hydrogen) atoms. The molecular formula is C20H23N3O2. The monoisotopic (exact) mass is 337 g/mol. The molecular weight excluding hydrogens is 314 g/mol. The van der Waals surface area contributed by atoms with Gasteiger partial charge in [-0.3, -0.25) is 9.59 Å². The van der Waals surface area contributed by atoms with E-state index >= 15 is 0 Å². The molecule has 2 amide bonds. The van der Waals surface area contributed by atoms with Crippen molar-refractivity contribution < 1.29 is 9.59 Å². The molecule has 1 aliphatic heterocycles. The molecule has 5 heteroatoms. The Hall–Kier alpha value is -2.66. The van der Waals surface area contributed by atoms with Crippen LogP contribution in [-0.2, 0) is 11.2 Å². The molecule has 0 fully saturated rings. The van der Waals surface area contributed by atoms with Gasteiger partial charge in [0.2, 0.25) is 5.91 Å². The van der Waals surface area contributed by atoms with E-state index in [0.717, 1.165) is 12.1 Å². The molecule has 1 heterocycles. The fourth-order valence-corrected chi connectivity index (χ4v) is 2.98. The predicted molar refractivity (Wildman–Crippen MR) is 99.8 cm³/mol. The fraction of sp³-hybridized carbons (Fsp3) is 0.300. The number of nitrogens with two attached hydrogens (primary N) is 1. The van der Waals surface area contributed by atoms with Crippen LogP contribution in [0.15, 0.2) is 48.5 Å². The first-order valence-corrected chi connectivity index (χ1v) is 8.60. The van der Waals surface area contributed by atoms with E-state index in [4.69, 9.17) is 5.73 Å². The van der Waals surface area contributed by atoms with Crippen molar-refractivity contribution in [2.75, 3.05) is 16.8 Å². The Morgan fingerprint density at radius 3 is 2.60 bits per heavy atom. The summed E-state index contributed by atoms with van der Waals surface area (Å²) in [5, 5.41) is 2.83. The molecule has 130 valence electrons. The molecule has 1 aliphatic rings. The summed E-state index contributed by atoms with van der Waals surface area (Å²) in [4.78, 5) is 26.4. The summed E-state index contributed by atoms with van der Waals surface area (Å²) >= 11 is 0. The highest BCUT2D eigenvalue weighted by molar-refractivity contribution is 6.07. The highest BCUT2D eigenvalue weighted by atomic mass is 16.2. The first kappa shape index (κ1) is 17.2. The normalized spacial score (nSPS) is 14.1. The van der Waals surface area contributed by atoms with Gasteiger partial charge in [-0.05, 0) is 55.7 Å². The Morgan fingerprint density at radius 1 is 1.16 bits per heavy atom. The molecule has 0 bridgehead atoms. The summed E-state index contributed by atoms with van der Waals surface area (Å²) in [5.41, 5.74) is 9.15. The zero-order valence-corrected chi connectivity index (χ0v) is 14.4. The number of amides is 2. The van der Waals surface area contributed by atoms with Crippen molar-refractivity contribution >= 4 is 23.2 Å². The molecule has 5 nitrogen and oxygen atoms in total. The summed E-state index contributed by atoms with van der Waals surface area (Å²) in [6.45, 7) is 2.58. The van der Waals surface area contributed by atoms with Gasteiger partial charge in [-0.1, -0.05) is 18.2 Å². The Labute approximate surface area is 147 Å². The second-order valence-electron chi connectivity index (χ2n) is 6.48. The Bertz CT molecular complexity index is 769. The zero-order chi connectivity index (χ0) is 17.8. The van der Waals surface area contributed by atoms with E-state index in [0.29, 0.717) is 30.6 Å². The van der Waals surface area contributed by atoms with Crippen LogP contribution in [0.2, 0.25) is 0 Å². The maximum absolute atomic E-state index is 12.7. The molecule has 0 saturated carbocycles. The lowest BCUT2D eigenvalue weighted by Crippen LogP contribution is -2.28. The van der Waals surface area contributed by atoms with Crippen molar-refractivity contribution in [1.82, 2.24) is 0 Å². The van der Waals surface area contributed by atoms with Gasteiger partial charge >= 0.3 is 0 Å². The van der Waals surface area contributed by atoms with Crippen LogP contribution in [0.3, 0.4) is 0 Å². The number of nitrogens with one attached hydrogen (secondary N) is 1. The van der Waals surface area contributed by atoms with Gasteiger partial charge in [-0.25, -0.2) is 0 Å². The molecule has 1 unspecified atom stereocenters. The highest BCUT2D eigenvalue weighted by Crippen LogP contribution is 2.29. The van der Waals surface area contributed by atoms with E-state index in [1.165, 1.54) is 5.56 Å². The third-order valence-corrected chi connectivity index (χ3v) is 4.37. The van der Waals surface area contributed by atoms with Gasteiger partial charge in [0.1, 0.15) is 0 Å². The summed E-state index contributed by atoms with van der Waals surface area (Å²) < 4.78 is 0. The highest BCUT2D eigenvalue weighted by Gasteiger charge is 2.24. The number of para-hydroxylation sites is 1. The van der Waals surface area contributed by atoms with E-state index < -0.39 is 0 Å². The number of benzene rings is 2. The SMILES string of the molecule is CC(N)CCC(=O)Nc1ccc(C(=O)N2CCc3ccccc32)cc1. The van der Waals surface area contributed by atoms with Crippen molar-refractivity contribution in [1.29, 1.82) is 0 Å². The molecule has 0 aliphatic carbocycles. The molecule has 1 atom stereocenters. The van der Waals surface area contributed by atoms with Gasteiger partial charge in [0, 0.05) is 35.9 Å². The number of fused-ring (bicyclic) bond motifs is 1. The summed E-state index contributed by atoms with van der Waals surface area (Å²) in [7, 11) is 0. The number of anilines is 2. The Balaban J connectivity index is 1.65. The maximum atomic E-state index is 12.7. The summed E-state index contributed by atoms with van der Waals surface area (Å²) in [5.74, 6) is -0.0790. The first-order chi connectivity index (χ1) is 12.0. The predicted octanol–water partition coefficient (Wildman–Crippen LogP) is 2.96. The Kier molecular flexibility index (Phi) is 5.14. The van der Waals surface area contributed by atoms with Crippen LogP contribution >= 0.6 is 0 Å². The summed E-state index contributed by atoms with van der Waals surface area (Å²) in [6.07, 6.45) is 1.93. The van der Waals surface area contributed by atoms with Crippen LogP contribution in [0, 0.1) is 0 Å². The topological polar surface area (TPSA) is 75.4 Å². The van der Waals surface area contributed by atoms with Crippen molar-refractivity contribution in [3.8, 4) is 0 Å². The van der Waals surface area contributed by atoms with E-state index in [1.807, 2.05) is 30.0 Å². The van der Waals surface area contributed by atoms with Crippen molar-refractivity contribution in [2.45, 2.75) is 32.2 Å². The van der Waals surface area contributed by atoms with E-state index in [-0.39, 0.29) is 17.9 Å². The number of hydrogen-bond donors (Lipinski definition) is 2. The molecule has 3 N–H and O–H groups in total. The smallest absolute Gasteiger partial charge is 0.258 e. The average molecular weight is 337 g/mol. The third-order valence-electron chi connectivity index (χ3n) is 4.37. The minimum atomic E-state index is -0.0650. The molecule has 0 saturated heterocycles. The van der Waals surface area contributed by atoms with Crippen LogP contribution < -0.4 is 16.0 Å². The van der Waals surface area contributed by atoms with Gasteiger partial charge < -0.3 is 16.0 Å². The molecule has 2 aromatic carbocycles. The van der Waals surface area contributed by atoms with Crippen molar-refractivity contribution in [3.63, 3.8) is 0 Å². The van der Waals surface area contributed by atoms with Crippen molar-refractivity contribution in [2.24, 2.45) is 5.73 Å². The number of rotatable bonds is 5. The molecule has 0 spiro atoms. The van der Waals surface area contributed by atoms with Gasteiger partial charge in [0.25, 0.3) is 5.91 Å². The lowest BCUT2D eigenvalue weighted by molar-refractivity contribution is -0.116. The molecule has 2 aromatic rings. The van der Waals surface area contributed by atoms with Gasteiger partial charge in [0.15, 0.2) is 0 Å². The summed E-state index contributed by atoms with van der Waals surface area (Å²) in [6, 6.07) is 15.0. The van der Waals surface area contributed by atoms with Crippen LogP contribution in [0.25, 0.3) is 0 Å². The standard InChI is InChI=1S/C20H23N3O2/c1-14(21)6-11-19(24)22-17-9-7-16(8-10-17)20(25)23-13-12-15-4-2-3-5-18(15)23/h2-5,7-10,14H,6,11-13,21H2,1H3,(H,22,24). The average Bonchev–Trinajstić information content (AvgIpc) is 3.04. The van der Waals surface area contributed by atoms with Gasteiger partial charge in [-0.15, -0.1) is 0 Å². The van der Waals surface area contributed by atoms with E-state index in [2.05, 4.69) is 11.4 Å². The minimum absolute atomic E-state index is 0.00841. The Morgan fingerprint density at radius 2 is 1.88 bits per heavy atom. The lowest BCUT2D eigenvalue weighted by Gasteiger charge is -2.17. The van der Waals surface area contributed by atoms with E-state index in [9.17, 15) is 9.59 Å². The second-order valence-corrected chi connectivity index (χ2v) is 6.48.